The molecule has 2 fully saturated rings. The third kappa shape index (κ3) is 1.54. The van der Waals surface area contributed by atoms with Crippen molar-refractivity contribution in [2.45, 2.75) is 38.7 Å². The van der Waals surface area contributed by atoms with Gasteiger partial charge >= 0.3 is 5.97 Å². The summed E-state index contributed by atoms with van der Waals surface area (Å²) >= 11 is 0. The maximum atomic E-state index is 11.0. The van der Waals surface area contributed by atoms with Crippen LogP contribution in [-0.4, -0.2) is 23.8 Å². The molecule has 0 aromatic rings. The van der Waals surface area contributed by atoms with Gasteiger partial charge in [-0.05, 0) is 44.4 Å². The predicted octanol–water partition coefficient (Wildman–Crippen LogP) is 1.91. The van der Waals surface area contributed by atoms with Gasteiger partial charge in [-0.1, -0.05) is 0 Å². The molecule has 0 amide bonds. The molecule has 0 heterocycles. The van der Waals surface area contributed by atoms with Gasteiger partial charge in [-0.25, -0.2) is 0 Å². The number of ether oxygens (including phenoxy) is 1. The van der Waals surface area contributed by atoms with Crippen molar-refractivity contribution in [3.8, 4) is 0 Å². The summed E-state index contributed by atoms with van der Waals surface area (Å²) in [7, 11) is 0. The summed E-state index contributed by atoms with van der Waals surface area (Å²) in [6.45, 7) is 2.77. The zero-order chi connectivity index (χ0) is 10.1. The van der Waals surface area contributed by atoms with Crippen molar-refractivity contribution in [3.05, 3.63) is 0 Å². The first kappa shape index (κ1) is 9.97. The highest BCUT2D eigenvalue weighted by atomic mass is 16.5. The Kier molecular flexibility index (Phi) is 2.77. The highest BCUT2D eigenvalue weighted by Crippen LogP contribution is 2.48. The number of rotatable bonds is 3. The van der Waals surface area contributed by atoms with Crippen LogP contribution >= 0.6 is 0 Å². The summed E-state index contributed by atoms with van der Waals surface area (Å²) in [6.07, 6.45) is 4.36. The van der Waals surface area contributed by atoms with E-state index >= 15 is 0 Å². The number of carboxylic acids is 1. The van der Waals surface area contributed by atoms with Crippen LogP contribution in [0.15, 0.2) is 0 Å². The van der Waals surface area contributed by atoms with E-state index in [1.807, 2.05) is 6.92 Å². The van der Waals surface area contributed by atoms with Gasteiger partial charge in [0, 0.05) is 6.61 Å². The topological polar surface area (TPSA) is 46.5 Å². The Morgan fingerprint density at radius 1 is 1.29 bits per heavy atom. The van der Waals surface area contributed by atoms with Crippen LogP contribution < -0.4 is 0 Å². The van der Waals surface area contributed by atoms with Gasteiger partial charge in [-0.3, -0.25) is 4.79 Å². The number of carboxylic acid groups (broad SMARTS) is 1. The van der Waals surface area contributed by atoms with Crippen molar-refractivity contribution in [3.63, 3.8) is 0 Å². The van der Waals surface area contributed by atoms with Crippen LogP contribution in [0, 0.1) is 17.8 Å². The normalized spacial score (nSPS) is 41.2. The molecule has 2 rings (SSSR count). The van der Waals surface area contributed by atoms with Gasteiger partial charge in [0.25, 0.3) is 0 Å². The highest BCUT2D eigenvalue weighted by Gasteiger charge is 2.47. The largest absolute Gasteiger partial charge is 0.481 e. The first-order valence-corrected chi connectivity index (χ1v) is 5.58. The van der Waals surface area contributed by atoms with Gasteiger partial charge in [0.05, 0.1) is 12.0 Å². The Bertz CT molecular complexity index is 227. The van der Waals surface area contributed by atoms with Gasteiger partial charge in [0.15, 0.2) is 0 Å². The van der Waals surface area contributed by atoms with E-state index in [-0.39, 0.29) is 5.92 Å². The third-order valence-electron chi connectivity index (χ3n) is 3.84. The van der Waals surface area contributed by atoms with E-state index in [1.165, 1.54) is 0 Å². The Morgan fingerprint density at radius 3 is 2.64 bits per heavy atom. The molecular formula is C11H18O3. The maximum absolute atomic E-state index is 11.0. The van der Waals surface area contributed by atoms with Crippen molar-refractivity contribution < 1.29 is 14.6 Å². The number of carbonyl (C=O) groups is 1. The fourth-order valence-electron chi connectivity index (χ4n) is 3.27. The Labute approximate surface area is 84.4 Å². The lowest BCUT2D eigenvalue weighted by Gasteiger charge is -2.18. The number of hydrogen-bond acceptors (Lipinski definition) is 2. The molecule has 80 valence electrons. The second-order valence-electron chi connectivity index (χ2n) is 4.42. The Hall–Kier alpha value is -0.570. The Morgan fingerprint density at radius 2 is 2.00 bits per heavy atom. The van der Waals surface area contributed by atoms with E-state index < -0.39 is 5.97 Å². The average Bonchev–Trinajstić information content (AvgIpc) is 2.67. The molecule has 0 aromatic carbocycles. The molecule has 0 aromatic heterocycles. The lowest BCUT2D eigenvalue weighted by atomic mass is 9.92. The molecule has 2 aliphatic carbocycles. The second kappa shape index (κ2) is 3.89. The van der Waals surface area contributed by atoms with Crippen molar-refractivity contribution in [2.24, 2.45) is 17.8 Å². The molecule has 0 bridgehead atoms. The molecule has 14 heavy (non-hydrogen) atoms. The molecule has 0 unspecified atom stereocenters. The fourth-order valence-corrected chi connectivity index (χ4v) is 3.27. The average molecular weight is 198 g/mol. The van der Waals surface area contributed by atoms with Crippen LogP contribution in [0.1, 0.15) is 32.6 Å². The van der Waals surface area contributed by atoms with Crippen LogP contribution in [0.5, 0.6) is 0 Å². The summed E-state index contributed by atoms with van der Waals surface area (Å²) < 4.78 is 5.65. The summed E-state index contributed by atoms with van der Waals surface area (Å²) in [6, 6.07) is 0. The van der Waals surface area contributed by atoms with Crippen LogP contribution in [-0.2, 0) is 9.53 Å². The first-order valence-electron chi connectivity index (χ1n) is 5.58. The summed E-state index contributed by atoms with van der Waals surface area (Å²) in [4.78, 5) is 11.0. The number of aliphatic carboxylic acids is 1. The molecular weight excluding hydrogens is 180 g/mol. The molecule has 0 radical (unpaired) electrons. The second-order valence-corrected chi connectivity index (χ2v) is 4.42. The summed E-state index contributed by atoms with van der Waals surface area (Å²) in [5, 5.41) is 9.04. The summed E-state index contributed by atoms with van der Waals surface area (Å²) in [5.41, 5.74) is 0. The van der Waals surface area contributed by atoms with Gasteiger partial charge in [-0.15, -0.1) is 0 Å². The maximum Gasteiger partial charge on any atom is 0.306 e. The van der Waals surface area contributed by atoms with E-state index in [9.17, 15) is 4.79 Å². The SMILES string of the molecule is CCO[C@@H]1CC[C@H]2[C@@H]1CC[C@H]2C(=O)O. The molecule has 1 N–H and O–H groups in total. The van der Waals surface area contributed by atoms with E-state index in [0.717, 1.165) is 32.3 Å². The minimum atomic E-state index is -0.602. The van der Waals surface area contributed by atoms with Gasteiger partial charge in [0.2, 0.25) is 0 Å². The third-order valence-corrected chi connectivity index (χ3v) is 3.84. The highest BCUT2D eigenvalue weighted by molar-refractivity contribution is 5.70. The predicted molar refractivity (Wildman–Crippen MR) is 52.0 cm³/mol. The number of hydrogen-bond donors (Lipinski definition) is 1. The molecule has 3 heteroatoms. The Balaban J connectivity index is 2.00. The van der Waals surface area contributed by atoms with Crippen molar-refractivity contribution in [2.75, 3.05) is 6.61 Å². The zero-order valence-corrected chi connectivity index (χ0v) is 8.61. The van der Waals surface area contributed by atoms with Crippen molar-refractivity contribution >= 4 is 5.97 Å². The van der Waals surface area contributed by atoms with Gasteiger partial charge in [0.1, 0.15) is 0 Å². The fraction of sp³-hybridized carbons (Fsp3) is 0.909. The van der Waals surface area contributed by atoms with Gasteiger partial charge < -0.3 is 9.84 Å². The molecule has 0 saturated heterocycles. The van der Waals surface area contributed by atoms with E-state index in [2.05, 4.69) is 0 Å². The van der Waals surface area contributed by atoms with Crippen molar-refractivity contribution in [1.82, 2.24) is 0 Å². The van der Waals surface area contributed by atoms with Crippen molar-refractivity contribution in [1.29, 1.82) is 0 Å². The smallest absolute Gasteiger partial charge is 0.306 e. The molecule has 4 atom stereocenters. The molecule has 0 spiro atoms. The van der Waals surface area contributed by atoms with Crippen LogP contribution in [0.2, 0.25) is 0 Å². The van der Waals surface area contributed by atoms with E-state index in [1.54, 1.807) is 0 Å². The molecule has 3 nitrogen and oxygen atoms in total. The monoisotopic (exact) mass is 198 g/mol. The minimum absolute atomic E-state index is 0.0922. The van der Waals surface area contributed by atoms with Crippen LogP contribution in [0.25, 0.3) is 0 Å². The van der Waals surface area contributed by atoms with Crippen LogP contribution in [0.3, 0.4) is 0 Å². The lowest BCUT2D eigenvalue weighted by Crippen LogP contribution is -2.22. The molecule has 0 aliphatic heterocycles. The van der Waals surface area contributed by atoms with E-state index in [0.29, 0.717) is 17.9 Å². The number of fused-ring (bicyclic) bond motifs is 1. The molecule has 2 saturated carbocycles. The lowest BCUT2D eigenvalue weighted by molar-refractivity contribution is -0.143. The van der Waals surface area contributed by atoms with Gasteiger partial charge in [-0.2, -0.15) is 0 Å². The van der Waals surface area contributed by atoms with E-state index in [4.69, 9.17) is 9.84 Å². The van der Waals surface area contributed by atoms with Crippen LogP contribution in [0.4, 0.5) is 0 Å². The molecule has 2 aliphatic rings. The summed E-state index contributed by atoms with van der Waals surface area (Å²) in [5.74, 6) is 0.222. The zero-order valence-electron chi connectivity index (χ0n) is 8.61. The quantitative estimate of drug-likeness (QED) is 0.753. The first-order chi connectivity index (χ1) is 6.74. The minimum Gasteiger partial charge on any atom is -0.481 e. The standard InChI is InChI=1S/C11H18O3/c1-2-14-10-6-5-7-8(10)3-4-9(7)11(12)13/h7-10H,2-6H2,1H3,(H,12,13)/t7-,8-,9+,10+/m0/s1.